The van der Waals surface area contributed by atoms with Crippen LogP contribution in [0.2, 0.25) is 0 Å². The second kappa shape index (κ2) is 10.5. The normalized spacial score (nSPS) is 12.8. The zero-order valence-corrected chi connectivity index (χ0v) is 15.9. The van der Waals surface area contributed by atoms with Crippen LogP contribution < -0.4 is 11.2 Å². The maximum Gasteiger partial charge on any atom is 0.185 e. The van der Waals surface area contributed by atoms with Crippen molar-refractivity contribution >= 4 is 12.5 Å². The molecule has 1 rings (SSSR count). The Bertz CT molecular complexity index is 640. The van der Waals surface area contributed by atoms with Gasteiger partial charge in [-0.25, -0.2) is 0 Å². The minimum atomic E-state index is -0.0847. The first-order chi connectivity index (χ1) is 11.9. The van der Waals surface area contributed by atoms with E-state index in [1.165, 1.54) is 11.6 Å². The van der Waals surface area contributed by atoms with E-state index in [4.69, 9.17) is 5.73 Å². The van der Waals surface area contributed by atoms with Crippen LogP contribution in [0.4, 0.5) is 0 Å². The van der Waals surface area contributed by atoms with E-state index < -0.39 is 0 Å². The van der Waals surface area contributed by atoms with Gasteiger partial charge in [0.05, 0.1) is 0 Å². The van der Waals surface area contributed by atoms with E-state index in [0.717, 1.165) is 30.5 Å². The quantitative estimate of drug-likeness (QED) is 0.376. The molecule has 4 nitrogen and oxygen atoms in total. The lowest BCUT2D eigenvalue weighted by atomic mass is 9.99. The van der Waals surface area contributed by atoms with Gasteiger partial charge in [-0.15, -0.1) is 0 Å². The highest BCUT2D eigenvalue weighted by Gasteiger charge is 2.10. The monoisotopic (exact) mass is 341 g/mol. The summed E-state index contributed by atoms with van der Waals surface area (Å²) in [5, 5.41) is 3.70. The van der Waals surface area contributed by atoms with Crippen molar-refractivity contribution < 1.29 is 4.79 Å². The summed E-state index contributed by atoms with van der Waals surface area (Å²) >= 11 is 0. The third kappa shape index (κ3) is 6.96. The molecule has 136 valence electrons. The molecule has 25 heavy (non-hydrogen) atoms. The van der Waals surface area contributed by atoms with Crippen LogP contribution in [0.25, 0.3) is 0 Å². The summed E-state index contributed by atoms with van der Waals surface area (Å²) in [6.45, 7) is 11.7. The predicted molar refractivity (Wildman–Crippen MR) is 106 cm³/mol. The van der Waals surface area contributed by atoms with Gasteiger partial charge in [0.15, 0.2) is 5.78 Å². The SMILES string of the molecule is C=NN/C(CCCC)=C(\C)C(=O)/C=C(\N)Cc1ccc(C(C)C)cc1. The van der Waals surface area contributed by atoms with E-state index in [0.29, 0.717) is 23.6 Å². The number of ketones is 1. The topological polar surface area (TPSA) is 67.5 Å². The highest BCUT2D eigenvalue weighted by atomic mass is 16.1. The number of nitrogens with one attached hydrogen (secondary N) is 1. The van der Waals surface area contributed by atoms with Gasteiger partial charge in [0.25, 0.3) is 0 Å². The van der Waals surface area contributed by atoms with Gasteiger partial charge >= 0.3 is 0 Å². The number of carbonyl (C=O) groups is 1. The van der Waals surface area contributed by atoms with Crippen molar-refractivity contribution in [2.75, 3.05) is 0 Å². The lowest BCUT2D eigenvalue weighted by Crippen LogP contribution is -2.13. The van der Waals surface area contributed by atoms with Crippen molar-refractivity contribution in [1.82, 2.24) is 5.43 Å². The Morgan fingerprint density at radius 3 is 2.48 bits per heavy atom. The molecule has 0 heterocycles. The van der Waals surface area contributed by atoms with Gasteiger partial charge in [0.1, 0.15) is 0 Å². The Morgan fingerprint density at radius 2 is 1.96 bits per heavy atom. The summed E-state index contributed by atoms with van der Waals surface area (Å²) in [6.07, 6.45) is 4.90. The molecular weight excluding hydrogens is 310 g/mol. The van der Waals surface area contributed by atoms with Crippen LogP contribution in [-0.2, 0) is 11.2 Å². The molecular formula is C21H31N3O. The number of hydrazone groups is 1. The summed E-state index contributed by atoms with van der Waals surface area (Å²) in [4.78, 5) is 12.5. The third-order valence-corrected chi connectivity index (χ3v) is 4.19. The summed E-state index contributed by atoms with van der Waals surface area (Å²) in [5.41, 5.74) is 13.3. The first-order valence-electron chi connectivity index (χ1n) is 8.89. The van der Waals surface area contributed by atoms with E-state index in [2.05, 4.69) is 62.3 Å². The smallest absolute Gasteiger partial charge is 0.185 e. The van der Waals surface area contributed by atoms with Crippen LogP contribution in [0.5, 0.6) is 0 Å². The fourth-order valence-electron chi connectivity index (χ4n) is 2.51. The number of nitrogens with two attached hydrogens (primary N) is 1. The molecule has 0 radical (unpaired) electrons. The van der Waals surface area contributed by atoms with Gasteiger partial charge in [0.2, 0.25) is 0 Å². The van der Waals surface area contributed by atoms with Gasteiger partial charge in [-0.2, -0.15) is 5.10 Å². The molecule has 0 aliphatic rings. The van der Waals surface area contributed by atoms with Gasteiger partial charge in [-0.05, 0) is 36.8 Å². The number of unbranched alkanes of at least 4 members (excludes halogenated alkanes) is 1. The molecule has 0 unspecified atom stereocenters. The number of allylic oxidation sites excluding steroid dienone is 4. The first kappa shape index (κ1) is 20.7. The zero-order chi connectivity index (χ0) is 18.8. The number of hydrogen-bond donors (Lipinski definition) is 2. The molecule has 0 bridgehead atoms. The predicted octanol–water partition coefficient (Wildman–Crippen LogP) is 4.43. The van der Waals surface area contributed by atoms with Crippen molar-refractivity contribution in [3.05, 3.63) is 58.4 Å². The lowest BCUT2D eigenvalue weighted by molar-refractivity contribution is -0.111. The summed E-state index contributed by atoms with van der Waals surface area (Å²) in [6, 6.07) is 8.36. The van der Waals surface area contributed by atoms with Crippen molar-refractivity contribution in [3.63, 3.8) is 0 Å². The maximum atomic E-state index is 12.5. The molecule has 1 aromatic rings. The van der Waals surface area contributed by atoms with E-state index in [9.17, 15) is 4.79 Å². The number of rotatable bonds is 10. The molecule has 3 N–H and O–H groups in total. The fraction of sp³-hybridized carbons (Fsp3) is 0.429. The molecule has 1 aromatic carbocycles. The average Bonchev–Trinajstić information content (AvgIpc) is 2.58. The lowest BCUT2D eigenvalue weighted by Gasteiger charge is -2.10. The molecule has 0 aliphatic carbocycles. The second-order valence-electron chi connectivity index (χ2n) is 6.63. The molecule has 4 heteroatoms. The molecule has 0 atom stereocenters. The van der Waals surface area contributed by atoms with Crippen molar-refractivity contribution in [2.45, 2.75) is 59.3 Å². The molecule has 0 saturated heterocycles. The largest absolute Gasteiger partial charge is 0.402 e. The summed E-state index contributed by atoms with van der Waals surface area (Å²) in [5.74, 6) is 0.419. The highest BCUT2D eigenvalue weighted by Crippen LogP contribution is 2.16. The molecule has 0 amide bonds. The van der Waals surface area contributed by atoms with Crippen LogP contribution >= 0.6 is 0 Å². The Balaban J connectivity index is 2.84. The van der Waals surface area contributed by atoms with Gasteiger partial charge in [0, 0.05) is 36.2 Å². The average molecular weight is 341 g/mol. The first-order valence-corrected chi connectivity index (χ1v) is 8.89. The standard InChI is InChI=1S/C21H31N3O/c1-6-7-8-20(24-23-5)16(4)21(25)14-19(22)13-17-9-11-18(12-10-17)15(2)3/h9-12,14-15,24H,5-8,13,22H2,1-4H3/b19-14-,20-16+. The fourth-order valence-corrected chi connectivity index (χ4v) is 2.51. The minimum Gasteiger partial charge on any atom is -0.402 e. The van der Waals surface area contributed by atoms with Crippen LogP contribution in [-0.4, -0.2) is 12.5 Å². The Labute approximate surface area is 151 Å². The Morgan fingerprint density at radius 1 is 1.32 bits per heavy atom. The van der Waals surface area contributed by atoms with Gasteiger partial charge in [-0.1, -0.05) is 51.5 Å². The zero-order valence-electron chi connectivity index (χ0n) is 15.9. The third-order valence-electron chi connectivity index (χ3n) is 4.19. The van der Waals surface area contributed by atoms with Gasteiger partial charge in [-0.3, -0.25) is 10.2 Å². The Hall–Kier alpha value is -2.36. The Kier molecular flexibility index (Phi) is 8.68. The summed E-state index contributed by atoms with van der Waals surface area (Å²) < 4.78 is 0. The minimum absolute atomic E-state index is 0.0847. The van der Waals surface area contributed by atoms with Crippen LogP contribution in [0.3, 0.4) is 0 Å². The number of hydrogen-bond acceptors (Lipinski definition) is 4. The number of carbonyl (C=O) groups excluding carboxylic acids is 1. The van der Waals surface area contributed by atoms with Crippen LogP contribution in [0, 0.1) is 0 Å². The molecule has 0 fully saturated rings. The van der Waals surface area contributed by atoms with Crippen LogP contribution in [0.1, 0.15) is 64.0 Å². The highest BCUT2D eigenvalue weighted by molar-refractivity contribution is 6.04. The maximum absolute atomic E-state index is 12.5. The molecule has 0 spiro atoms. The molecule has 0 aromatic heterocycles. The van der Waals surface area contributed by atoms with Gasteiger partial charge < -0.3 is 5.73 Å². The summed E-state index contributed by atoms with van der Waals surface area (Å²) in [7, 11) is 0. The van der Waals surface area contributed by atoms with E-state index >= 15 is 0 Å². The van der Waals surface area contributed by atoms with Crippen molar-refractivity contribution in [2.24, 2.45) is 10.8 Å². The second-order valence-corrected chi connectivity index (χ2v) is 6.63. The number of benzene rings is 1. The van der Waals surface area contributed by atoms with E-state index in [-0.39, 0.29) is 5.78 Å². The molecule has 0 aliphatic heterocycles. The van der Waals surface area contributed by atoms with E-state index in [1.54, 1.807) is 6.92 Å². The van der Waals surface area contributed by atoms with Crippen molar-refractivity contribution in [1.29, 1.82) is 0 Å². The number of nitrogens with zero attached hydrogens (tertiary/aromatic N) is 1. The van der Waals surface area contributed by atoms with E-state index in [1.807, 2.05) is 0 Å². The molecule has 0 saturated carbocycles. The van der Waals surface area contributed by atoms with Crippen molar-refractivity contribution in [3.8, 4) is 0 Å². The van der Waals surface area contributed by atoms with Crippen LogP contribution in [0.15, 0.2) is 52.4 Å².